The number of aliphatic hydroxyl groups excluding tert-OH is 1. The van der Waals surface area contributed by atoms with Crippen LogP contribution in [0.2, 0.25) is 0 Å². The molecule has 2 atom stereocenters. The number of hydrogen-bond donors (Lipinski definition) is 1. The molecule has 3 heteroatoms. The molecule has 0 aliphatic rings. The molecule has 1 N–H and O–H groups in total. The first-order valence-corrected chi connectivity index (χ1v) is 5.22. The van der Waals surface area contributed by atoms with Gasteiger partial charge in [-0.1, -0.05) is 13.0 Å². The molecule has 0 rings (SSSR count). The molecule has 14 heavy (non-hydrogen) atoms. The van der Waals surface area contributed by atoms with E-state index < -0.39 is 0 Å². The quantitative estimate of drug-likeness (QED) is 0.493. The summed E-state index contributed by atoms with van der Waals surface area (Å²) in [7, 11) is 4.12. The summed E-state index contributed by atoms with van der Waals surface area (Å²) in [6, 6.07) is 0. The Labute approximate surface area is 88.0 Å². The van der Waals surface area contributed by atoms with Crippen LogP contribution < -0.4 is 0 Å². The third-order valence-electron chi connectivity index (χ3n) is 2.25. The molecule has 0 amide bonds. The van der Waals surface area contributed by atoms with Gasteiger partial charge in [0.2, 0.25) is 0 Å². The second kappa shape index (κ2) is 6.98. The zero-order valence-electron chi connectivity index (χ0n) is 9.90. The number of nitrogens with zero attached hydrogens (tertiary/aromatic N) is 2. The summed E-state index contributed by atoms with van der Waals surface area (Å²) in [6.07, 6.45) is 3.02. The fraction of sp³-hybridized carbons (Fsp3) is 0.818. The van der Waals surface area contributed by atoms with Crippen molar-refractivity contribution in [3.63, 3.8) is 0 Å². The summed E-state index contributed by atoms with van der Waals surface area (Å²) in [5, 5.41) is 9.38. The molecule has 3 nitrogen and oxygen atoms in total. The minimum Gasteiger partial charge on any atom is -0.392 e. The molecule has 0 saturated carbocycles. The number of rotatable bonds is 7. The van der Waals surface area contributed by atoms with Gasteiger partial charge in [-0.2, -0.15) is 0 Å². The van der Waals surface area contributed by atoms with Crippen LogP contribution in [0.15, 0.2) is 12.7 Å². The predicted molar refractivity (Wildman–Crippen MR) is 61.2 cm³/mol. The average molecular weight is 200 g/mol. The maximum atomic E-state index is 9.38. The zero-order chi connectivity index (χ0) is 11.1. The molecule has 0 radical (unpaired) electrons. The molecule has 0 heterocycles. The Morgan fingerprint density at radius 2 is 2.00 bits per heavy atom. The SMILES string of the molecule is C=CCN(CC(C)O)C(CC)N(C)C. The Hall–Kier alpha value is -0.380. The number of hydrogen-bond acceptors (Lipinski definition) is 3. The highest BCUT2D eigenvalue weighted by atomic mass is 16.3. The van der Waals surface area contributed by atoms with E-state index in [1.54, 1.807) is 0 Å². The summed E-state index contributed by atoms with van der Waals surface area (Å²) in [4.78, 5) is 4.41. The lowest BCUT2D eigenvalue weighted by Crippen LogP contribution is -2.47. The Kier molecular flexibility index (Phi) is 6.79. The maximum Gasteiger partial charge on any atom is 0.0639 e. The van der Waals surface area contributed by atoms with E-state index in [9.17, 15) is 5.11 Å². The molecule has 0 aromatic rings. The fourth-order valence-corrected chi connectivity index (χ4v) is 1.77. The van der Waals surface area contributed by atoms with E-state index in [-0.39, 0.29) is 6.10 Å². The Morgan fingerprint density at radius 1 is 1.43 bits per heavy atom. The van der Waals surface area contributed by atoms with Crippen LogP contribution in [0, 0.1) is 0 Å². The molecule has 0 fully saturated rings. The highest BCUT2D eigenvalue weighted by Crippen LogP contribution is 2.07. The van der Waals surface area contributed by atoms with Crippen LogP contribution in [-0.4, -0.2) is 54.4 Å². The molecule has 0 aliphatic carbocycles. The van der Waals surface area contributed by atoms with Gasteiger partial charge >= 0.3 is 0 Å². The molecular weight excluding hydrogens is 176 g/mol. The van der Waals surface area contributed by atoms with Gasteiger partial charge in [0.05, 0.1) is 12.3 Å². The highest BCUT2D eigenvalue weighted by molar-refractivity contribution is 4.78. The van der Waals surface area contributed by atoms with Crippen molar-refractivity contribution in [1.29, 1.82) is 0 Å². The minimum atomic E-state index is -0.288. The summed E-state index contributed by atoms with van der Waals surface area (Å²) < 4.78 is 0. The second-order valence-electron chi connectivity index (χ2n) is 3.94. The van der Waals surface area contributed by atoms with Crippen molar-refractivity contribution < 1.29 is 5.11 Å². The molecule has 84 valence electrons. The van der Waals surface area contributed by atoms with Gasteiger partial charge in [-0.15, -0.1) is 6.58 Å². The van der Waals surface area contributed by atoms with Crippen molar-refractivity contribution in [1.82, 2.24) is 9.80 Å². The normalized spacial score (nSPS) is 15.9. The molecule has 0 aromatic carbocycles. The van der Waals surface area contributed by atoms with Gasteiger partial charge in [0.15, 0.2) is 0 Å². The van der Waals surface area contributed by atoms with Gasteiger partial charge in [-0.25, -0.2) is 0 Å². The lowest BCUT2D eigenvalue weighted by Gasteiger charge is -2.35. The Bertz CT molecular complexity index is 157. The smallest absolute Gasteiger partial charge is 0.0639 e. The first-order valence-electron chi connectivity index (χ1n) is 5.22. The van der Waals surface area contributed by atoms with Crippen LogP contribution in [0.3, 0.4) is 0 Å². The minimum absolute atomic E-state index is 0.288. The van der Waals surface area contributed by atoms with Crippen molar-refractivity contribution in [2.24, 2.45) is 0 Å². The first kappa shape index (κ1) is 13.6. The standard InChI is InChI=1S/C11H24N2O/c1-6-8-13(9-10(3)14)11(7-2)12(4)5/h6,10-11,14H,1,7-9H2,2-5H3. The third kappa shape index (κ3) is 4.74. The molecule has 0 aliphatic heterocycles. The maximum absolute atomic E-state index is 9.38. The second-order valence-corrected chi connectivity index (χ2v) is 3.94. The van der Waals surface area contributed by atoms with E-state index in [4.69, 9.17) is 0 Å². The lowest BCUT2D eigenvalue weighted by molar-refractivity contribution is 0.0442. The van der Waals surface area contributed by atoms with Gasteiger partial charge in [-0.3, -0.25) is 9.80 Å². The monoisotopic (exact) mass is 200 g/mol. The molecule has 0 spiro atoms. The predicted octanol–water partition coefficient (Wildman–Crippen LogP) is 1.15. The van der Waals surface area contributed by atoms with Crippen molar-refractivity contribution in [3.05, 3.63) is 12.7 Å². The van der Waals surface area contributed by atoms with Gasteiger partial charge in [0, 0.05) is 13.1 Å². The summed E-state index contributed by atoms with van der Waals surface area (Å²) >= 11 is 0. The molecular formula is C11H24N2O. The van der Waals surface area contributed by atoms with Crippen LogP contribution in [0.25, 0.3) is 0 Å². The van der Waals surface area contributed by atoms with Gasteiger partial charge in [0.25, 0.3) is 0 Å². The Morgan fingerprint density at radius 3 is 2.29 bits per heavy atom. The summed E-state index contributed by atoms with van der Waals surface area (Å²) in [5.74, 6) is 0. The lowest BCUT2D eigenvalue weighted by atomic mass is 10.2. The molecule has 0 aromatic heterocycles. The molecule has 2 unspecified atom stereocenters. The van der Waals surface area contributed by atoms with Crippen LogP contribution in [0.4, 0.5) is 0 Å². The van der Waals surface area contributed by atoms with Crippen LogP contribution in [0.1, 0.15) is 20.3 Å². The summed E-state index contributed by atoms with van der Waals surface area (Å²) in [5.41, 5.74) is 0. The van der Waals surface area contributed by atoms with E-state index in [0.717, 1.165) is 13.0 Å². The first-order chi connectivity index (χ1) is 6.52. The van der Waals surface area contributed by atoms with Crippen LogP contribution in [0.5, 0.6) is 0 Å². The summed E-state index contributed by atoms with van der Waals surface area (Å²) in [6.45, 7) is 9.23. The third-order valence-corrected chi connectivity index (χ3v) is 2.25. The van der Waals surface area contributed by atoms with E-state index in [0.29, 0.717) is 12.7 Å². The van der Waals surface area contributed by atoms with Crippen LogP contribution in [-0.2, 0) is 0 Å². The van der Waals surface area contributed by atoms with Gasteiger partial charge in [-0.05, 0) is 27.4 Å². The molecule has 0 saturated heterocycles. The van der Waals surface area contributed by atoms with Crippen molar-refractivity contribution in [2.45, 2.75) is 32.5 Å². The Balaban J connectivity index is 4.34. The van der Waals surface area contributed by atoms with E-state index in [2.05, 4.69) is 37.4 Å². The fourth-order valence-electron chi connectivity index (χ4n) is 1.77. The highest BCUT2D eigenvalue weighted by Gasteiger charge is 2.18. The van der Waals surface area contributed by atoms with Crippen molar-refractivity contribution >= 4 is 0 Å². The van der Waals surface area contributed by atoms with E-state index in [1.807, 2.05) is 13.0 Å². The van der Waals surface area contributed by atoms with E-state index >= 15 is 0 Å². The average Bonchev–Trinajstić information content (AvgIpc) is 2.03. The van der Waals surface area contributed by atoms with Gasteiger partial charge in [0.1, 0.15) is 0 Å². The van der Waals surface area contributed by atoms with Crippen molar-refractivity contribution in [3.8, 4) is 0 Å². The number of aliphatic hydroxyl groups is 1. The zero-order valence-corrected chi connectivity index (χ0v) is 9.90. The van der Waals surface area contributed by atoms with E-state index in [1.165, 1.54) is 0 Å². The van der Waals surface area contributed by atoms with Crippen molar-refractivity contribution in [2.75, 3.05) is 27.2 Å². The molecule has 0 bridgehead atoms. The van der Waals surface area contributed by atoms with Crippen LogP contribution >= 0.6 is 0 Å². The van der Waals surface area contributed by atoms with Gasteiger partial charge < -0.3 is 5.11 Å². The topological polar surface area (TPSA) is 26.7 Å². The largest absolute Gasteiger partial charge is 0.392 e.